The maximum absolute atomic E-state index is 13.5. The summed E-state index contributed by atoms with van der Waals surface area (Å²) in [6.45, 7) is 3.90. The van der Waals surface area contributed by atoms with Gasteiger partial charge in [0.2, 0.25) is 5.91 Å². The SMILES string of the molecule is Cc1cc(Cl)ccc1N(CC(=O)NCc1ccc(N2CCCCC2)cc1)S(=O)(=O)c1ccccc1. The van der Waals surface area contributed by atoms with E-state index < -0.39 is 10.0 Å². The van der Waals surface area contributed by atoms with Crippen molar-refractivity contribution in [1.82, 2.24) is 5.32 Å². The van der Waals surface area contributed by atoms with Crippen LogP contribution in [0, 0.1) is 6.92 Å². The lowest BCUT2D eigenvalue weighted by molar-refractivity contribution is -0.119. The first-order valence-corrected chi connectivity index (χ1v) is 13.6. The summed E-state index contributed by atoms with van der Waals surface area (Å²) in [5.41, 5.74) is 3.23. The van der Waals surface area contributed by atoms with Crippen molar-refractivity contribution in [3.05, 3.63) is 88.9 Å². The first kappa shape index (κ1) is 25.1. The number of rotatable bonds is 8. The lowest BCUT2D eigenvalue weighted by atomic mass is 10.1. The van der Waals surface area contributed by atoms with E-state index in [9.17, 15) is 13.2 Å². The monoisotopic (exact) mass is 511 g/mol. The molecule has 1 aliphatic rings. The number of piperidine rings is 1. The Morgan fingerprint density at radius 1 is 0.971 bits per heavy atom. The van der Waals surface area contributed by atoms with Crippen molar-refractivity contribution < 1.29 is 13.2 Å². The van der Waals surface area contributed by atoms with Gasteiger partial charge in [0.25, 0.3) is 10.0 Å². The summed E-state index contributed by atoms with van der Waals surface area (Å²) in [5, 5.41) is 3.37. The van der Waals surface area contributed by atoms with Gasteiger partial charge in [-0.05, 0) is 79.8 Å². The van der Waals surface area contributed by atoms with Gasteiger partial charge in [-0.1, -0.05) is 41.9 Å². The molecule has 1 saturated heterocycles. The third-order valence-corrected chi connectivity index (χ3v) is 8.20. The molecule has 0 aromatic heterocycles. The minimum atomic E-state index is -3.96. The number of carbonyl (C=O) groups is 1. The molecule has 1 N–H and O–H groups in total. The summed E-state index contributed by atoms with van der Waals surface area (Å²) in [4.78, 5) is 15.4. The lowest BCUT2D eigenvalue weighted by Crippen LogP contribution is -2.41. The predicted molar refractivity (Wildman–Crippen MR) is 142 cm³/mol. The molecule has 1 fully saturated rings. The van der Waals surface area contributed by atoms with Gasteiger partial charge in [-0.15, -0.1) is 0 Å². The third-order valence-electron chi connectivity index (χ3n) is 6.19. The lowest BCUT2D eigenvalue weighted by Gasteiger charge is -2.29. The minimum Gasteiger partial charge on any atom is -0.372 e. The maximum atomic E-state index is 13.5. The van der Waals surface area contributed by atoms with E-state index in [2.05, 4.69) is 22.3 Å². The summed E-state index contributed by atoms with van der Waals surface area (Å²) in [6.07, 6.45) is 3.72. The minimum absolute atomic E-state index is 0.121. The van der Waals surface area contributed by atoms with Crippen molar-refractivity contribution in [3.63, 3.8) is 0 Å². The standard InChI is InChI=1S/C27H30ClN3O3S/c1-21-18-23(28)12-15-26(21)31(35(33,34)25-8-4-2-5-9-25)20-27(32)29-19-22-10-13-24(14-11-22)30-16-6-3-7-17-30/h2,4-5,8-15,18H,3,6-7,16-17,19-20H2,1H3,(H,29,32). The highest BCUT2D eigenvalue weighted by Gasteiger charge is 2.28. The molecule has 0 bridgehead atoms. The molecule has 4 rings (SSSR count). The average Bonchev–Trinajstić information content (AvgIpc) is 2.88. The van der Waals surface area contributed by atoms with Crippen LogP contribution in [-0.2, 0) is 21.4 Å². The van der Waals surface area contributed by atoms with Gasteiger partial charge in [0.1, 0.15) is 6.54 Å². The van der Waals surface area contributed by atoms with Crippen LogP contribution in [-0.4, -0.2) is 34.0 Å². The molecule has 1 heterocycles. The number of halogens is 1. The largest absolute Gasteiger partial charge is 0.372 e. The normalized spacial score (nSPS) is 13.9. The Morgan fingerprint density at radius 2 is 1.66 bits per heavy atom. The zero-order chi connectivity index (χ0) is 24.8. The number of amides is 1. The second kappa shape index (κ2) is 11.1. The molecule has 3 aromatic rings. The van der Waals surface area contributed by atoms with E-state index >= 15 is 0 Å². The molecule has 0 aliphatic carbocycles. The van der Waals surface area contributed by atoms with Crippen LogP contribution in [0.3, 0.4) is 0 Å². The molecular formula is C27H30ClN3O3S. The molecular weight excluding hydrogens is 482 g/mol. The van der Waals surface area contributed by atoms with Crippen LogP contribution in [0.25, 0.3) is 0 Å². The van der Waals surface area contributed by atoms with Crippen molar-refractivity contribution in [1.29, 1.82) is 0 Å². The Balaban J connectivity index is 1.48. The third kappa shape index (κ3) is 6.16. The van der Waals surface area contributed by atoms with E-state index in [-0.39, 0.29) is 17.3 Å². The van der Waals surface area contributed by atoms with Crippen molar-refractivity contribution >= 4 is 38.9 Å². The Labute approximate surface area is 212 Å². The summed E-state index contributed by atoms with van der Waals surface area (Å²) < 4.78 is 28.1. The molecule has 0 spiro atoms. The highest BCUT2D eigenvalue weighted by molar-refractivity contribution is 7.92. The van der Waals surface area contributed by atoms with Crippen LogP contribution >= 0.6 is 11.6 Å². The fourth-order valence-corrected chi connectivity index (χ4v) is 6.01. The Hall–Kier alpha value is -3.03. The number of nitrogens with one attached hydrogen (secondary N) is 1. The summed E-state index contributed by atoms with van der Waals surface area (Å²) >= 11 is 6.09. The topological polar surface area (TPSA) is 69.7 Å². The molecule has 0 atom stereocenters. The number of benzene rings is 3. The molecule has 0 unspecified atom stereocenters. The van der Waals surface area contributed by atoms with E-state index in [1.54, 1.807) is 43.3 Å². The van der Waals surface area contributed by atoms with Crippen LogP contribution in [0.4, 0.5) is 11.4 Å². The number of anilines is 2. The number of hydrogen-bond acceptors (Lipinski definition) is 4. The molecule has 1 aliphatic heterocycles. The van der Waals surface area contributed by atoms with E-state index in [1.807, 2.05) is 12.1 Å². The molecule has 6 nitrogen and oxygen atoms in total. The molecule has 0 radical (unpaired) electrons. The van der Waals surface area contributed by atoms with Crippen molar-refractivity contribution in [2.45, 2.75) is 37.6 Å². The van der Waals surface area contributed by atoms with Crippen molar-refractivity contribution in [2.24, 2.45) is 0 Å². The van der Waals surface area contributed by atoms with Crippen molar-refractivity contribution in [2.75, 3.05) is 28.8 Å². The van der Waals surface area contributed by atoms with Crippen molar-refractivity contribution in [3.8, 4) is 0 Å². The summed E-state index contributed by atoms with van der Waals surface area (Å²) in [5.74, 6) is -0.390. The van der Waals surface area contributed by atoms with E-state index in [1.165, 1.54) is 37.1 Å². The van der Waals surface area contributed by atoms with Gasteiger partial charge in [-0.25, -0.2) is 8.42 Å². The fourth-order valence-electron chi connectivity index (χ4n) is 4.28. The van der Waals surface area contributed by atoms with Crippen LogP contribution in [0.15, 0.2) is 77.7 Å². The second-order valence-electron chi connectivity index (χ2n) is 8.75. The van der Waals surface area contributed by atoms with Gasteiger partial charge in [0.05, 0.1) is 10.6 Å². The van der Waals surface area contributed by atoms with Crippen LogP contribution < -0.4 is 14.5 Å². The number of nitrogens with zero attached hydrogens (tertiary/aromatic N) is 2. The Morgan fingerprint density at radius 3 is 2.31 bits per heavy atom. The number of carbonyl (C=O) groups excluding carboxylic acids is 1. The first-order valence-electron chi connectivity index (χ1n) is 11.8. The first-order chi connectivity index (χ1) is 16.8. The van der Waals surface area contributed by atoms with Gasteiger partial charge in [-0.3, -0.25) is 9.10 Å². The number of sulfonamides is 1. The van der Waals surface area contributed by atoms with Crippen LogP contribution in [0.1, 0.15) is 30.4 Å². The smallest absolute Gasteiger partial charge is 0.264 e. The van der Waals surface area contributed by atoms with Crippen LogP contribution in [0.2, 0.25) is 5.02 Å². The van der Waals surface area contributed by atoms with E-state index in [0.29, 0.717) is 22.8 Å². The number of aryl methyl sites for hydroxylation is 1. The number of hydrogen-bond donors (Lipinski definition) is 1. The highest BCUT2D eigenvalue weighted by atomic mass is 35.5. The molecule has 0 saturated carbocycles. The molecule has 8 heteroatoms. The van der Waals surface area contributed by atoms with E-state index in [0.717, 1.165) is 23.0 Å². The molecule has 35 heavy (non-hydrogen) atoms. The average molecular weight is 512 g/mol. The fraction of sp³-hybridized carbons (Fsp3) is 0.296. The quantitative estimate of drug-likeness (QED) is 0.454. The van der Waals surface area contributed by atoms with E-state index in [4.69, 9.17) is 11.6 Å². The Bertz CT molecular complexity index is 1260. The van der Waals surface area contributed by atoms with Gasteiger partial charge in [0, 0.05) is 30.3 Å². The molecule has 3 aromatic carbocycles. The van der Waals surface area contributed by atoms with Crippen LogP contribution in [0.5, 0.6) is 0 Å². The van der Waals surface area contributed by atoms with Gasteiger partial charge < -0.3 is 10.2 Å². The maximum Gasteiger partial charge on any atom is 0.264 e. The zero-order valence-corrected chi connectivity index (χ0v) is 21.4. The zero-order valence-electron chi connectivity index (χ0n) is 19.8. The molecule has 184 valence electrons. The van der Waals surface area contributed by atoms with Gasteiger partial charge in [-0.2, -0.15) is 0 Å². The van der Waals surface area contributed by atoms with Gasteiger partial charge >= 0.3 is 0 Å². The summed E-state index contributed by atoms with van der Waals surface area (Å²) in [6, 6.07) is 21.2. The highest BCUT2D eigenvalue weighted by Crippen LogP contribution is 2.29. The predicted octanol–water partition coefficient (Wildman–Crippen LogP) is 5.15. The molecule has 1 amide bonds. The second-order valence-corrected chi connectivity index (χ2v) is 11.0. The Kier molecular flexibility index (Phi) is 7.98. The van der Waals surface area contributed by atoms with Gasteiger partial charge in [0.15, 0.2) is 0 Å². The summed E-state index contributed by atoms with van der Waals surface area (Å²) in [7, 11) is -3.96.